The molecule has 1 saturated heterocycles. The average Bonchev–Trinajstić information content (AvgIpc) is 1.96. The van der Waals surface area contributed by atoms with E-state index >= 15 is 0 Å². The monoisotopic (exact) mass is 171 g/mol. The highest BCUT2D eigenvalue weighted by molar-refractivity contribution is 4.79. The van der Waals surface area contributed by atoms with Gasteiger partial charge in [-0.05, 0) is 18.3 Å². The van der Waals surface area contributed by atoms with E-state index in [1.54, 1.807) is 0 Å². The smallest absolute Gasteiger partial charge is 0.0434 e. The first-order valence-corrected chi connectivity index (χ1v) is 5.09. The minimum Gasteiger partial charge on any atom is -0.396 e. The molecular formula is C10H21NO. The number of aliphatic hydroxyl groups is 1. The van der Waals surface area contributed by atoms with Gasteiger partial charge < -0.3 is 10.0 Å². The van der Waals surface area contributed by atoms with E-state index in [0.717, 1.165) is 12.3 Å². The Balaban J connectivity index is 2.02. The third-order valence-corrected chi connectivity index (χ3v) is 2.80. The molecule has 1 unspecified atom stereocenters. The van der Waals surface area contributed by atoms with Crippen LogP contribution in [0.2, 0.25) is 0 Å². The van der Waals surface area contributed by atoms with Gasteiger partial charge in [-0.15, -0.1) is 0 Å². The van der Waals surface area contributed by atoms with Gasteiger partial charge in [0.15, 0.2) is 0 Å². The molecule has 2 heteroatoms. The first-order valence-electron chi connectivity index (χ1n) is 5.09. The molecule has 12 heavy (non-hydrogen) atoms. The maximum absolute atomic E-state index is 8.72. The van der Waals surface area contributed by atoms with Crippen molar-refractivity contribution in [2.45, 2.75) is 26.7 Å². The van der Waals surface area contributed by atoms with Gasteiger partial charge in [-0.3, -0.25) is 0 Å². The summed E-state index contributed by atoms with van der Waals surface area (Å²) >= 11 is 0. The highest BCUT2D eigenvalue weighted by Crippen LogP contribution is 2.20. The second-order valence-corrected chi connectivity index (χ2v) is 4.11. The molecule has 1 N–H and O–H groups in total. The van der Waals surface area contributed by atoms with Gasteiger partial charge in [-0.25, -0.2) is 0 Å². The maximum Gasteiger partial charge on any atom is 0.0434 e. The van der Waals surface area contributed by atoms with Gasteiger partial charge in [0.2, 0.25) is 0 Å². The average molecular weight is 171 g/mol. The van der Waals surface area contributed by atoms with E-state index in [0.29, 0.717) is 12.5 Å². The fourth-order valence-corrected chi connectivity index (χ4v) is 1.84. The minimum absolute atomic E-state index is 0.339. The molecule has 0 aliphatic carbocycles. The second kappa shape index (κ2) is 4.83. The largest absolute Gasteiger partial charge is 0.396 e. The highest BCUT2D eigenvalue weighted by Gasteiger charge is 2.25. The number of hydrogen-bond acceptors (Lipinski definition) is 2. The first kappa shape index (κ1) is 10.0. The van der Waals surface area contributed by atoms with Crippen molar-refractivity contribution in [3.63, 3.8) is 0 Å². The lowest BCUT2D eigenvalue weighted by atomic mass is 9.95. The van der Waals surface area contributed by atoms with Crippen LogP contribution in [0.25, 0.3) is 0 Å². The minimum atomic E-state index is 0.339. The van der Waals surface area contributed by atoms with Gasteiger partial charge in [-0.1, -0.05) is 20.3 Å². The van der Waals surface area contributed by atoms with Crippen molar-refractivity contribution in [3.8, 4) is 0 Å². The first-order chi connectivity index (χ1) is 5.76. The van der Waals surface area contributed by atoms with Crippen molar-refractivity contribution in [1.82, 2.24) is 4.90 Å². The molecule has 2 nitrogen and oxygen atoms in total. The Hall–Kier alpha value is -0.0800. The Morgan fingerprint density at radius 3 is 2.67 bits per heavy atom. The van der Waals surface area contributed by atoms with Crippen LogP contribution in [-0.4, -0.2) is 36.2 Å². The van der Waals surface area contributed by atoms with Crippen LogP contribution in [0.4, 0.5) is 0 Å². The highest BCUT2D eigenvalue weighted by atomic mass is 16.3. The summed E-state index contributed by atoms with van der Waals surface area (Å²) < 4.78 is 0. The molecule has 1 fully saturated rings. The molecule has 0 aromatic carbocycles. The van der Waals surface area contributed by atoms with Gasteiger partial charge in [0.1, 0.15) is 0 Å². The summed E-state index contributed by atoms with van der Waals surface area (Å²) in [6, 6.07) is 0. The molecule has 0 spiro atoms. The predicted octanol–water partition coefficient (Wildman–Crippen LogP) is 1.35. The van der Waals surface area contributed by atoms with Crippen molar-refractivity contribution >= 4 is 0 Å². The van der Waals surface area contributed by atoms with Gasteiger partial charge in [0, 0.05) is 26.2 Å². The molecule has 0 aromatic heterocycles. The Morgan fingerprint density at radius 1 is 1.50 bits per heavy atom. The second-order valence-electron chi connectivity index (χ2n) is 4.11. The van der Waals surface area contributed by atoms with Crippen LogP contribution < -0.4 is 0 Å². The zero-order valence-corrected chi connectivity index (χ0v) is 8.29. The molecule has 1 aliphatic rings. The number of aliphatic hydroxyl groups excluding tert-OH is 1. The fraction of sp³-hybridized carbons (Fsp3) is 1.00. The molecule has 1 rings (SSSR count). The van der Waals surface area contributed by atoms with E-state index in [2.05, 4.69) is 18.7 Å². The van der Waals surface area contributed by atoms with E-state index in [9.17, 15) is 0 Å². The Labute approximate surface area is 75.6 Å². The lowest BCUT2D eigenvalue weighted by Crippen LogP contribution is -2.48. The SMILES string of the molecule is CCC1CN(CC(C)CCO)C1. The summed E-state index contributed by atoms with van der Waals surface area (Å²) in [7, 11) is 0. The van der Waals surface area contributed by atoms with Crippen molar-refractivity contribution in [2.24, 2.45) is 11.8 Å². The molecule has 0 amide bonds. The number of nitrogens with zero attached hydrogens (tertiary/aromatic N) is 1. The molecular weight excluding hydrogens is 150 g/mol. The van der Waals surface area contributed by atoms with Crippen LogP contribution in [0.15, 0.2) is 0 Å². The maximum atomic E-state index is 8.72. The van der Waals surface area contributed by atoms with Crippen LogP contribution in [0.1, 0.15) is 26.7 Å². The Bertz CT molecular complexity index is 121. The van der Waals surface area contributed by atoms with Gasteiger partial charge in [0.25, 0.3) is 0 Å². The number of rotatable bonds is 5. The lowest BCUT2D eigenvalue weighted by Gasteiger charge is -2.40. The molecule has 1 atom stereocenters. The van der Waals surface area contributed by atoms with Gasteiger partial charge in [0.05, 0.1) is 0 Å². The topological polar surface area (TPSA) is 23.5 Å². The zero-order chi connectivity index (χ0) is 8.97. The molecule has 1 aliphatic heterocycles. The van der Waals surface area contributed by atoms with Crippen molar-refractivity contribution in [1.29, 1.82) is 0 Å². The van der Waals surface area contributed by atoms with Crippen LogP contribution in [0.5, 0.6) is 0 Å². The lowest BCUT2D eigenvalue weighted by molar-refractivity contribution is 0.0767. The van der Waals surface area contributed by atoms with E-state index in [4.69, 9.17) is 5.11 Å². The van der Waals surface area contributed by atoms with Gasteiger partial charge in [-0.2, -0.15) is 0 Å². The molecule has 0 bridgehead atoms. The van der Waals surface area contributed by atoms with Crippen LogP contribution in [-0.2, 0) is 0 Å². The van der Waals surface area contributed by atoms with Crippen LogP contribution in [0, 0.1) is 11.8 Å². The Kier molecular flexibility index (Phi) is 4.02. The fourth-order valence-electron chi connectivity index (χ4n) is 1.84. The van der Waals surface area contributed by atoms with Gasteiger partial charge >= 0.3 is 0 Å². The summed E-state index contributed by atoms with van der Waals surface area (Å²) in [5, 5.41) is 8.72. The summed E-state index contributed by atoms with van der Waals surface area (Å²) in [4.78, 5) is 2.49. The van der Waals surface area contributed by atoms with E-state index in [1.165, 1.54) is 26.1 Å². The van der Waals surface area contributed by atoms with Crippen molar-refractivity contribution in [3.05, 3.63) is 0 Å². The standard InChI is InChI=1S/C10H21NO/c1-3-10-7-11(8-10)6-9(2)4-5-12/h9-10,12H,3-8H2,1-2H3. The summed E-state index contributed by atoms with van der Waals surface area (Å²) in [5.41, 5.74) is 0. The predicted molar refractivity (Wildman–Crippen MR) is 51.1 cm³/mol. The third-order valence-electron chi connectivity index (χ3n) is 2.80. The van der Waals surface area contributed by atoms with Crippen molar-refractivity contribution in [2.75, 3.05) is 26.2 Å². The molecule has 1 heterocycles. The molecule has 72 valence electrons. The van der Waals surface area contributed by atoms with Crippen LogP contribution in [0.3, 0.4) is 0 Å². The number of hydrogen-bond donors (Lipinski definition) is 1. The summed E-state index contributed by atoms with van der Waals surface area (Å²) in [5.74, 6) is 1.61. The Morgan fingerprint density at radius 2 is 2.17 bits per heavy atom. The molecule has 0 aromatic rings. The van der Waals surface area contributed by atoms with E-state index < -0.39 is 0 Å². The van der Waals surface area contributed by atoms with Crippen LogP contribution >= 0.6 is 0 Å². The normalized spacial score (nSPS) is 22.2. The molecule has 0 saturated carbocycles. The summed E-state index contributed by atoms with van der Waals surface area (Å²) in [6.07, 6.45) is 2.28. The summed E-state index contributed by atoms with van der Waals surface area (Å²) in [6.45, 7) is 8.57. The van der Waals surface area contributed by atoms with E-state index in [-0.39, 0.29) is 0 Å². The quantitative estimate of drug-likeness (QED) is 0.675. The zero-order valence-electron chi connectivity index (χ0n) is 8.29. The van der Waals surface area contributed by atoms with E-state index in [1.807, 2.05) is 0 Å². The third kappa shape index (κ3) is 2.76. The molecule has 0 radical (unpaired) electrons. The number of likely N-dealkylation sites (tertiary alicyclic amines) is 1. The van der Waals surface area contributed by atoms with Crippen molar-refractivity contribution < 1.29 is 5.11 Å².